The zero-order valence-corrected chi connectivity index (χ0v) is 21.0. The molecule has 0 aliphatic heterocycles. The number of allylic oxidation sites excluding steroid dienone is 1. The largest absolute Gasteiger partial charge is 0.490 e. The summed E-state index contributed by atoms with van der Waals surface area (Å²) in [5.74, 6) is 1.09. The fraction of sp³-hybridized carbons (Fsp3) is 0.125. The van der Waals surface area contributed by atoms with Gasteiger partial charge in [-0.15, -0.1) is 0 Å². The average molecular weight is 595 g/mol. The first-order valence-corrected chi connectivity index (χ1v) is 11.6. The van der Waals surface area contributed by atoms with Gasteiger partial charge in [0.15, 0.2) is 11.5 Å². The van der Waals surface area contributed by atoms with Gasteiger partial charge in [0, 0.05) is 27.7 Å². The smallest absolute Gasteiger partial charge is 0.269 e. The van der Waals surface area contributed by atoms with Gasteiger partial charge in [0.2, 0.25) is 0 Å². The third-order valence-electron chi connectivity index (χ3n) is 4.54. The molecule has 3 aromatic carbocycles. The molecule has 6 nitrogen and oxygen atoms in total. The maximum Gasteiger partial charge on any atom is 0.269 e. The predicted molar refractivity (Wildman–Crippen MR) is 138 cm³/mol. The van der Waals surface area contributed by atoms with E-state index in [9.17, 15) is 15.4 Å². The van der Waals surface area contributed by atoms with Crippen LogP contribution in [0.5, 0.6) is 11.5 Å². The lowest BCUT2D eigenvalue weighted by atomic mass is 10.0. The maximum absolute atomic E-state index is 10.9. The normalized spacial score (nSPS) is 11.1. The van der Waals surface area contributed by atoms with Crippen molar-refractivity contribution in [2.75, 3.05) is 6.61 Å². The van der Waals surface area contributed by atoms with Crippen molar-refractivity contribution in [2.24, 2.45) is 0 Å². The third-order valence-corrected chi connectivity index (χ3v) is 5.93. The van der Waals surface area contributed by atoms with Gasteiger partial charge in [0.25, 0.3) is 5.69 Å². The van der Waals surface area contributed by atoms with Crippen LogP contribution in [0.25, 0.3) is 11.6 Å². The number of nitriles is 1. The lowest BCUT2D eigenvalue weighted by Gasteiger charge is -2.15. The van der Waals surface area contributed by atoms with Crippen LogP contribution in [0.3, 0.4) is 0 Å². The predicted octanol–water partition coefficient (Wildman–Crippen LogP) is 7.55. The van der Waals surface area contributed by atoms with Crippen LogP contribution in [0, 0.1) is 25.0 Å². The molecule has 0 spiro atoms. The van der Waals surface area contributed by atoms with Gasteiger partial charge in [-0.2, -0.15) is 5.26 Å². The van der Waals surface area contributed by atoms with E-state index in [-0.39, 0.29) is 12.3 Å². The Kier molecular flexibility index (Phi) is 8.55. The Balaban J connectivity index is 1.91. The molecule has 168 valence electrons. The summed E-state index contributed by atoms with van der Waals surface area (Å²) in [5, 5.41) is 21.6. The van der Waals surface area contributed by atoms with Crippen LogP contribution in [0.4, 0.5) is 5.69 Å². The van der Waals surface area contributed by atoms with Gasteiger partial charge in [0.05, 0.1) is 26.7 Å². The Morgan fingerprint density at radius 1 is 1.15 bits per heavy atom. The van der Waals surface area contributed by atoms with E-state index in [0.717, 1.165) is 14.7 Å². The van der Waals surface area contributed by atoms with Crippen LogP contribution in [0.2, 0.25) is 10.0 Å². The van der Waals surface area contributed by atoms with E-state index < -0.39 is 4.92 Å². The van der Waals surface area contributed by atoms with Gasteiger partial charge in [0.1, 0.15) is 6.61 Å². The molecule has 0 saturated carbocycles. The van der Waals surface area contributed by atoms with E-state index in [1.807, 2.05) is 13.0 Å². The first-order valence-electron chi connectivity index (χ1n) is 9.72. The van der Waals surface area contributed by atoms with E-state index in [1.165, 1.54) is 12.1 Å². The van der Waals surface area contributed by atoms with Crippen LogP contribution >= 0.6 is 45.8 Å². The fourth-order valence-corrected chi connectivity index (χ4v) is 4.22. The molecule has 3 aromatic rings. The van der Waals surface area contributed by atoms with Gasteiger partial charge in [-0.3, -0.25) is 10.1 Å². The minimum absolute atomic E-state index is 0.0356. The average Bonchev–Trinajstić information content (AvgIpc) is 2.78. The van der Waals surface area contributed by atoms with Gasteiger partial charge in [-0.25, -0.2) is 0 Å². The lowest BCUT2D eigenvalue weighted by Crippen LogP contribution is -2.02. The number of ether oxygens (including phenoxy) is 2. The van der Waals surface area contributed by atoms with Crippen molar-refractivity contribution in [3.8, 4) is 17.6 Å². The van der Waals surface area contributed by atoms with Gasteiger partial charge >= 0.3 is 0 Å². The topological polar surface area (TPSA) is 85.4 Å². The molecule has 0 saturated heterocycles. The number of nitro groups is 1. The second-order valence-corrected chi connectivity index (χ2v) is 8.77. The Bertz CT molecular complexity index is 1250. The molecule has 0 radical (unpaired) electrons. The van der Waals surface area contributed by atoms with Crippen molar-refractivity contribution in [1.29, 1.82) is 5.26 Å². The summed E-state index contributed by atoms with van der Waals surface area (Å²) in [5.41, 5.74) is 2.42. The van der Waals surface area contributed by atoms with Crippen molar-refractivity contribution in [1.82, 2.24) is 0 Å². The number of benzene rings is 3. The highest BCUT2D eigenvalue weighted by molar-refractivity contribution is 14.1. The molecule has 3 rings (SSSR count). The molecule has 0 unspecified atom stereocenters. The highest BCUT2D eigenvalue weighted by Gasteiger charge is 2.14. The van der Waals surface area contributed by atoms with Gasteiger partial charge < -0.3 is 9.47 Å². The molecule has 0 heterocycles. The number of hydrogen-bond donors (Lipinski definition) is 0. The number of nitrogens with zero attached hydrogens (tertiary/aromatic N) is 2. The number of nitro benzene ring substituents is 1. The van der Waals surface area contributed by atoms with E-state index in [4.69, 9.17) is 32.7 Å². The van der Waals surface area contributed by atoms with E-state index in [1.54, 1.807) is 42.5 Å². The highest BCUT2D eigenvalue weighted by Crippen LogP contribution is 2.36. The minimum Gasteiger partial charge on any atom is -0.490 e. The molecule has 0 aliphatic carbocycles. The first-order chi connectivity index (χ1) is 15.8. The van der Waals surface area contributed by atoms with Crippen molar-refractivity contribution >= 4 is 63.1 Å². The second kappa shape index (κ2) is 11.4. The summed E-state index contributed by atoms with van der Waals surface area (Å²) < 4.78 is 12.6. The van der Waals surface area contributed by atoms with Gasteiger partial charge in [-0.1, -0.05) is 29.3 Å². The second-order valence-electron chi connectivity index (χ2n) is 6.76. The monoisotopic (exact) mass is 594 g/mol. The zero-order chi connectivity index (χ0) is 24.0. The molecule has 0 atom stereocenters. The first kappa shape index (κ1) is 24.8. The van der Waals surface area contributed by atoms with E-state index in [0.29, 0.717) is 39.3 Å². The maximum atomic E-state index is 10.9. The molecule has 0 amide bonds. The fourth-order valence-electron chi connectivity index (χ4n) is 2.97. The quantitative estimate of drug-likeness (QED) is 0.0883. The lowest BCUT2D eigenvalue weighted by molar-refractivity contribution is -0.384. The molecule has 0 aromatic heterocycles. The highest BCUT2D eigenvalue weighted by atomic mass is 127. The summed E-state index contributed by atoms with van der Waals surface area (Å²) in [7, 11) is 0. The third kappa shape index (κ3) is 6.38. The van der Waals surface area contributed by atoms with E-state index in [2.05, 4.69) is 28.7 Å². The summed E-state index contributed by atoms with van der Waals surface area (Å²) in [4.78, 5) is 10.4. The number of hydrogen-bond acceptors (Lipinski definition) is 5. The number of halogens is 3. The molecule has 0 bridgehead atoms. The Labute approximate surface area is 214 Å². The number of rotatable bonds is 8. The standard InChI is InChI=1S/C24H17Cl2IN2O4/c1-2-32-23-11-15(9-18(13-28)16-4-7-20(8-5-16)29(30)31)10-22(27)24(23)33-14-17-3-6-19(25)12-21(17)26/h3-12H,2,14H2,1H3/b18-9-. The van der Waals surface area contributed by atoms with Crippen LogP contribution in [0.15, 0.2) is 54.6 Å². The van der Waals surface area contributed by atoms with Crippen LogP contribution < -0.4 is 9.47 Å². The molecular formula is C24H17Cl2IN2O4. The Morgan fingerprint density at radius 2 is 1.88 bits per heavy atom. The van der Waals surface area contributed by atoms with Crippen molar-refractivity contribution in [2.45, 2.75) is 13.5 Å². The van der Waals surface area contributed by atoms with Crippen molar-refractivity contribution in [3.63, 3.8) is 0 Å². The van der Waals surface area contributed by atoms with Crippen molar-refractivity contribution in [3.05, 3.63) is 95.0 Å². The molecule has 33 heavy (non-hydrogen) atoms. The number of non-ortho nitro benzene ring substituents is 1. The van der Waals surface area contributed by atoms with Crippen LogP contribution in [0.1, 0.15) is 23.6 Å². The summed E-state index contributed by atoms with van der Waals surface area (Å²) in [6.45, 7) is 2.52. The molecule has 0 aliphatic rings. The molecule has 0 N–H and O–H groups in total. The summed E-state index contributed by atoms with van der Waals surface area (Å²) in [6, 6.07) is 16.8. The minimum atomic E-state index is -0.480. The van der Waals surface area contributed by atoms with E-state index >= 15 is 0 Å². The van der Waals surface area contributed by atoms with Crippen molar-refractivity contribution < 1.29 is 14.4 Å². The molecule has 9 heteroatoms. The van der Waals surface area contributed by atoms with Gasteiger partial charge in [-0.05, 0) is 83.1 Å². The Morgan fingerprint density at radius 3 is 2.48 bits per heavy atom. The van der Waals surface area contributed by atoms with Crippen LogP contribution in [-0.4, -0.2) is 11.5 Å². The zero-order valence-electron chi connectivity index (χ0n) is 17.3. The SMILES string of the molecule is CCOc1cc(/C=C(/C#N)c2ccc([N+](=O)[O-])cc2)cc(I)c1OCc1ccc(Cl)cc1Cl. The molecule has 0 fully saturated rings. The Hall–Kier alpha value is -2.80. The van der Waals surface area contributed by atoms with Crippen LogP contribution in [-0.2, 0) is 6.61 Å². The summed E-state index contributed by atoms with van der Waals surface area (Å²) >= 11 is 14.4. The molecular weight excluding hydrogens is 578 g/mol. The summed E-state index contributed by atoms with van der Waals surface area (Å²) in [6.07, 6.45) is 1.70.